The number of carbonyl (C=O) groups excluding carboxylic acids is 1. The molecule has 0 amide bonds. The van der Waals surface area contributed by atoms with E-state index in [4.69, 9.17) is 0 Å². The molecule has 0 aliphatic heterocycles. The van der Waals surface area contributed by atoms with Crippen molar-refractivity contribution in [1.29, 1.82) is 0 Å². The molecule has 0 fully saturated rings. The van der Waals surface area contributed by atoms with Gasteiger partial charge in [0.1, 0.15) is 0 Å². The molecule has 0 radical (unpaired) electrons. The third kappa shape index (κ3) is 1.78. The van der Waals surface area contributed by atoms with E-state index in [-0.39, 0.29) is 11.7 Å². The Morgan fingerprint density at radius 1 is 1.24 bits per heavy atom. The molecule has 0 bridgehead atoms. The predicted molar refractivity (Wildman–Crippen MR) is 65.2 cm³/mol. The Morgan fingerprint density at radius 2 is 2.00 bits per heavy atom. The fourth-order valence-corrected chi connectivity index (χ4v) is 2.44. The number of rotatable bonds is 1. The Balaban J connectivity index is 1.93. The van der Waals surface area contributed by atoms with Gasteiger partial charge in [0, 0.05) is 12.1 Å². The zero-order valence-corrected chi connectivity index (χ0v) is 9.73. The summed E-state index contributed by atoms with van der Waals surface area (Å²) in [5.74, 6) is 0.488. The Morgan fingerprint density at radius 3 is 2.76 bits per heavy atom. The molecule has 1 heterocycles. The molecular weight excluding hydrogens is 212 g/mol. The second kappa shape index (κ2) is 3.84. The van der Waals surface area contributed by atoms with Crippen LogP contribution in [0.15, 0.2) is 30.5 Å². The number of hydrogen-bond donors (Lipinski definition) is 1. The molecule has 3 rings (SSSR count). The van der Waals surface area contributed by atoms with Crippen LogP contribution in [0.5, 0.6) is 0 Å². The lowest BCUT2D eigenvalue weighted by atomic mass is 9.82. The van der Waals surface area contributed by atoms with Gasteiger partial charge in [-0.1, -0.05) is 29.8 Å². The molecule has 0 saturated carbocycles. The third-order valence-corrected chi connectivity index (χ3v) is 3.45. The highest BCUT2D eigenvalue weighted by molar-refractivity contribution is 5.98. The SMILES string of the molecule is Cc1ccc(C2CC(=O)c3cn[nH]c3C2)cc1. The number of nitrogens with zero attached hydrogens (tertiary/aromatic N) is 1. The number of carbonyl (C=O) groups is 1. The van der Waals surface area contributed by atoms with Crippen LogP contribution >= 0.6 is 0 Å². The smallest absolute Gasteiger partial charge is 0.166 e. The first-order chi connectivity index (χ1) is 8.24. The van der Waals surface area contributed by atoms with E-state index in [0.717, 1.165) is 17.7 Å². The number of H-pyrrole nitrogens is 1. The van der Waals surface area contributed by atoms with Gasteiger partial charge in [-0.15, -0.1) is 0 Å². The van der Waals surface area contributed by atoms with Crippen LogP contribution in [0, 0.1) is 6.92 Å². The summed E-state index contributed by atoms with van der Waals surface area (Å²) in [7, 11) is 0. The minimum absolute atomic E-state index is 0.200. The number of benzene rings is 1. The fraction of sp³-hybridized carbons (Fsp3) is 0.286. The average Bonchev–Trinajstić information content (AvgIpc) is 2.78. The lowest BCUT2D eigenvalue weighted by Gasteiger charge is -2.21. The van der Waals surface area contributed by atoms with Crippen molar-refractivity contribution in [2.24, 2.45) is 0 Å². The molecule has 3 nitrogen and oxygen atoms in total. The van der Waals surface area contributed by atoms with Crippen molar-refractivity contribution in [3.8, 4) is 0 Å². The molecule has 1 aliphatic carbocycles. The number of hydrogen-bond acceptors (Lipinski definition) is 2. The van der Waals surface area contributed by atoms with E-state index in [1.165, 1.54) is 11.1 Å². The molecule has 0 spiro atoms. The van der Waals surface area contributed by atoms with E-state index in [1.54, 1.807) is 6.20 Å². The summed E-state index contributed by atoms with van der Waals surface area (Å²) < 4.78 is 0. The molecule has 1 aromatic heterocycles. The second-order valence-corrected chi connectivity index (χ2v) is 4.70. The Bertz CT molecular complexity index is 554. The van der Waals surface area contributed by atoms with Gasteiger partial charge in [0.15, 0.2) is 5.78 Å². The van der Waals surface area contributed by atoms with Crippen molar-refractivity contribution in [1.82, 2.24) is 10.2 Å². The van der Waals surface area contributed by atoms with E-state index in [9.17, 15) is 4.79 Å². The van der Waals surface area contributed by atoms with Gasteiger partial charge in [0.2, 0.25) is 0 Å². The highest BCUT2D eigenvalue weighted by Gasteiger charge is 2.27. The van der Waals surface area contributed by atoms with Crippen molar-refractivity contribution < 1.29 is 4.79 Å². The molecule has 1 aromatic carbocycles. The van der Waals surface area contributed by atoms with Crippen LogP contribution in [0.2, 0.25) is 0 Å². The van der Waals surface area contributed by atoms with Crippen LogP contribution < -0.4 is 0 Å². The first-order valence-corrected chi connectivity index (χ1v) is 5.86. The highest BCUT2D eigenvalue weighted by Crippen LogP contribution is 2.31. The number of Topliss-reactive ketones (excluding diaryl/α,β-unsaturated/α-hetero) is 1. The zero-order chi connectivity index (χ0) is 11.8. The van der Waals surface area contributed by atoms with E-state index in [0.29, 0.717) is 6.42 Å². The molecule has 2 aromatic rings. The maximum Gasteiger partial charge on any atom is 0.166 e. The third-order valence-electron chi connectivity index (χ3n) is 3.45. The Hall–Kier alpha value is -1.90. The van der Waals surface area contributed by atoms with Gasteiger partial charge in [-0.05, 0) is 24.8 Å². The van der Waals surface area contributed by atoms with Gasteiger partial charge >= 0.3 is 0 Å². The molecule has 86 valence electrons. The summed E-state index contributed by atoms with van der Waals surface area (Å²) in [5.41, 5.74) is 4.24. The summed E-state index contributed by atoms with van der Waals surface area (Å²) in [5, 5.41) is 6.88. The topological polar surface area (TPSA) is 45.8 Å². The maximum absolute atomic E-state index is 11.9. The number of aromatic nitrogens is 2. The molecule has 17 heavy (non-hydrogen) atoms. The number of aromatic amines is 1. The average molecular weight is 226 g/mol. The van der Waals surface area contributed by atoms with Crippen LogP contribution in [0.25, 0.3) is 0 Å². The van der Waals surface area contributed by atoms with Gasteiger partial charge in [0.05, 0.1) is 11.8 Å². The molecule has 1 N–H and O–H groups in total. The van der Waals surface area contributed by atoms with Crippen LogP contribution in [-0.4, -0.2) is 16.0 Å². The molecule has 3 heteroatoms. The summed E-state index contributed by atoms with van der Waals surface area (Å²) in [6.07, 6.45) is 3.11. The predicted octanol–water partition coefficient (Wildman–Crippen LogP) is 2.63. The summed E-state index contributed by atoms with van der Waals surface area (Å²) in [4.78, 5) is 11.9. The number of aryl methyl sites for hydroxylation is 1. The van der Waals surface area contributed by atoms with Crippen molar-refractivity contribution in [3.63, 3.8) is 0 Å². The van der Waals surface area contributed by atoms with Crippen LogP contribution in [0.3, 0.4) is 0 Å². The first kappa shape index (κ1) is 10.3. The van der Waals surface area contributed by atoms with Gasteiger partial charge < -0.3 is 0 Å². The van der Waals surface area contributed by atoms with Crippen LogP contribution in [0.4, 0.5) is 0 Å². The zero-order valence-electron chi connectivity index (χ0n) is 9.73. The molecule has 1 unspecified atom stereocenters. The normalized spacial score (nSPS) is 19.1. The van der Waals surface area contributed by atoms with Crippen molar-refractivity contribution in [3.05, 3.63) is 52.8 Å². The number of nitrogens with one attached hydrogen (secondary N) is 1. The molecule has 0 saturated heterocycles. The lowest BCUT2D eigenvalue weighted by molar-refractivity contribution is 0.0964. The number of ketones is 1. The van der Waals surface area contributed by atoms with Crippen molar-refractivity contribution in [2.45, 2.75) is 25.7 Å². The monoisotopic (exact) mass is 226 g/mol. The summed E-state index contributed by atoms with van der Waals surface area (Å²) >= 11 is 0. The minimum atomic E-state index is 0.200. The van der Waals surface area contributed by atoms with E-state index >= 15 is 0 Å². The number of fused-ring (bicyclic) bond motifs is 1. The van der Waals surface area contributed by atoms with E-state index in [2.05, 4.69) is 41.4 Å². The van der Waals surface area contributed by atoms with Crippen molar-refractivity contribution in [2.75, 3.05) is 0 Å². The van der Waals surface area contributed by atoms with Gasteiger partial charge in [-0.25, -0.2) is 0 Å². The molecular formula is C14H14N2O. The quantitative estimate of drug-likeness (QED) is 0.812. The first-order valence-electron chi connectivity index (χ1n) is 5.86. The molecule has 1 aliphatic rings. The van der Waals surface area contributed by atoms with Crippen LogP contribution in [0.1, 0.15) is 39.5 Å². The van der Waals surface area contributed by atoms with E-state index < -0.39 is 0 Å². The fourth-order valence-electron chi connectivity index (χ4n) is 2.44. The summed E-state index contributed by atoms with van der Waals surface area (Å²) in [6.45, 7) is 2.07. The standard InChI is InChI=1S/C14H14N2O/c1-9-2-4-10(5-3-9)11-6-13-12(8-15-16-13)14(17)7-11/h2-5,8,11H,6-7H2,1H3,(H,15,16). The largest absolute Gasteiger partial charge is 0.294 e. The Labute approximate surface area is 99.9 Å². The van der Waals surface area contributed by atoms with E-state index in [1.807, 2.05) is 0 Å². The van der Waals surface area contributed by atoms with Crippen LogP contribution in [-0.2, 0) is 6.42 Å². The van der Waals surface area contributed by atoms with Gasteiger partial charge in [0.25, 0.3) is 0 Å². The lowest BCUT2D eigenvalue weighted by Crippen LogP contribution is -2.17. The van der Waals surface area contributed by atoms with Gasteiger partial charge in [-0.2, -0.15) is 5.10 Å². The van der Waals surface area contributed by atoms with Crippen molar-refractivity contribution >= 4 is 5.78 Å². The Kier molecular flexibility index (Phi) is 2.32. The van der Waals surface area contributed by atoms with Gasteiger partial charge in [-0.3, -0.25) is 9.89 Å². The minimum Gasteiger partial charge on any atom is -0.294 e. The maximum atomic E-state index is 11.9. The highest BCUT2D eigenvalue weighted by atomic mass is 16.1. The summed E-state index contributed by atoms with van der Waals surface area (Å²) in [6, 6.07) is 8.44. The molecule has 1 atom stereocenters. The second-order valence-electron chi connectivity index (χ2n) is 4.70.